The molecule has 0 aliphatic rings. The maximum Gasteiger partial charge on any atom is 0.223 e. The lowest BCUT2D eigenvalue weighted by Gasteiger charge is -2.07. The van der Waals surface area contributed by atoms with Crippen molar-refractivity contribution in [2.75, 3.05) is 6.61 Å². The number of nitrogens with zero attached hydrogens (tertiary/aromatic N) is 1. The minimum atomic E-state index is -0.0940. The van der Waals surface area contributed by atoms with Gasteiger partial charge in [-0.05, 0) is 12.1 Å². The van der Waals surface area contributed by atoms with Gasteiger partial charge in [-0.25, -0.2) is 4.98 Å². The number of nitrogens with one attached hydrogen (secondary N) is 2. The number of imidazole rings is 1. The van der Waals surface area contributed by atoms with Crippen LogP contribution in [0.1, 0.15) is 12.2 Å². The van der Waals surface area contributed by atoms with Gasteiger partial charge in [-0.2, -0.15) is 0 Å². The number of aromatic amines is 1. The molecule has 0 unspecified atom stereocenters. The number of para-hydroxylation sites is 1. The van der Waals surface area contributed by atoms with Crippen molar-refractivity contribution in [3.63, 3.8) is 0 Å². The third-order valence-electron chi connectivity index (χ3n) is 2.43. The third kappa shape index (κ3) is 4.30. The summed E-state index contributed by atoms with van der Waals surface area (Å²) in [5.41, 5.74) is 0. The number of carbonyl (C=O) groups is 1. The first kappa shape index (κ1) is 13.4. The number of rotatable bonds is 6. The molecule has 2 N–H and O–H groups in total. The van der Waals surface area contributed by atoms with E-state index >= 15 is 0 Å². The second kappa shape index (κ2) is 6.80. The summed E-state index contributed by atoms with van der Waals surface area (Å²) in [4.78, 5) is 18.5. The SMILES string of the molecule is O=C(CCOc1ccccc1Cl)NCc1ncc[nH]1. The van der Waals surface area contributed by atoms with Crippen molar-refractivity contribution in [2.24, 2.45) is 0 Å². The Morgan fingerprint density at radius 2 is 2.26 bits per heavy atom. The van der Waals surface area contributed by atoms with Crippen LogP contribution in [0.2, 0.25) is 5.02 Å². The van der Waals surface area contributed by atoms with Crippen LogP contribution in [0.3, 0.4) is 0 Å². The molecule has 1 aromatic heterocycles. The van der Waals surface area contributed by atoms with E-state index in [2.05, 4.69) is 15.3 Å². The fraction of sp³-hybridized carbons (Fsp3) is 0.231. The average Bonchev–Trinajstić information content (AvgIpc) is 2.92. The second-order valence-electron chi connectivity index (χ2n) is 3.84. The lowest BCUT2D eigenvalue weighted by Crippen LogP contribution is -2.24. The fourth-order valence-electron chi connectivity index (χ4n) is 1.48. The summed E-state index contributed by atoms with van der Waals surface area (Å²) in [5, 5.41) is 3.28. The summed E-state index contributed by atoms with van der Waals surface area (Å²) in [6.45, 7) is 0.672. The van der Waals surface area contributed by atoms with Gasteiger partial charge in [-0.1, -0.05) is 23.7 Å². The van der Waals surface area contributed by atoms with Crippen molar-refractivity contribution < 1.29 is 9.53 Å². The monoisotopic (exact) mass is 279 g/mol. The molecule has 0 fully saturated rings. The smallest absolute Gasteiger partial charge is 0.223 e. The topological polar surface area (TPSA) is 67.0 Å². The van der Waals surface area contributed by atoms with Crippen molar-refractivity contribution in [3.8, 4) is 5.75 Å². The summed E-state index contributed by atoms with van der Waals surface area (Å²) in [6.07, 6.45) is 3.62. The highest BCUT2D eigenvalue weighted by Gasteiger charge is 2.04. The lowest BCUT2D eigenvalue weighted by molar-refractivity contribution is -0.121. The number of ether oxygens (including phenoxy) is 1. The van der Waals surface area contributed by atoms with Crippen LogP contribution in [0.15, 0.2) is 36.7 Å². The zero-order valence-corrected chi connectivity index (χ0v) is 11.0. The van der Waals surface area contributed by atoms with E-state index in [0.717, 1.165) is 5.82 Å². The number of carbonyl (C=O) groups excluding carboxylic acids is 1. The Morgan fingerprint density at radius 1 is 1.42 bits per heavy atom. The van der Waals surface area contributed by atoms with E-state index in [4.69, 9.17) is 16.3 Å². The van der Waals surface area contributed by atoms with Gasteiger partial charge in [-0.3, -0.25) is 4.79 Å². The number of H-pyrrole nitrogens is 1. The number of hydrogen-bond donors (Lipinski definition) is 2. The Bertz CT molecular complexity index is 528. The summed E-state index contributed by atoms with van der Waals surface area (Å²) in [6, 6.07) is 7.17. The van der Waals surface area contributed by atoms with E-state index in [1.807, 2.05) is 12.1 Å². The molecule has 0 radical (unpaired) electrons. The van der Waals surface area contributed by atoms with Gasteiger partial charge in [0.25, 0.3) is 0 Å². The van der Waals surface area contributed by atoms with Gasteiger partial charge in [0, 0.05) is 12.4 Å². The zero-order chi connectivity index (χ0) is 13.5. The Balaban J connectivity index is 1.68. The van der Waals surface area contributed by atoms with E-state index in [-0.39, 0.29) is 18.9 Å². The number of amides is 1. The van der Waals surface area contributed by atoms with Crippen LogP contribution in [-0.4, -0.2) is 22.5 Å². The zero-order valence-electron chi connectivity index (χ0n) is 10.2. The van der Waals surface area contributed by atoms with Crippen molar-refractivity contribution >= 4 is 17.5 Å². The lowest BCUT2D eigenvalue weighted by atomic mass is 10.3. The molecule has 0 aliphatic heterocycles. The highest BCUT2D eigenvalue weighted by atomic mass is 35.5. The molecule has 2 rings (SSSR count). The first-order valence-corrected chi connectivity index (χ1v) is 6.26. The van der Waals surface area contributed by atoms with E-state index in [1.54, 1.807) is 24.5 Å². The minimum absolute atomic E-state index is 0.0940. The van der Waals surface area contributed by atoms with Crippen LogP contribution in [0.5, 0.6) is 5.75 Å². The van der Waals surface area contributed by atoms with Crippen molar-refractivity contribution in [1.29, 1.82) is 0 Å². The standard InChI is InChI=1S/C13H14ClN3O2/c14-10-3-1-2-4-11(10)19-8-5-13(18)17-9-12-15-6-7-16-12/h1-4,6-7H,5,8-9H2,(H,15,16)(H,17,18). The van der Waals surface area contributed by atoms with Gasteiger partial charge in [0.1, 0.15) is 11.6 Å². The van der Waals surface area contributed by atoms with Crippen molar-refractivity contribution in [3.05, 3.63) is 47.5 Å². The molecule has 0 spiro atoms. The first-order chi connectivity index (χ1) is 9.25. The molecule has 0 bridgehead atoms. The predicted octanol–water partition coefficient (Wildman–Crippen LogP) is 2.15. The number of hydrogen-bond acceptors (Lipinski definition) is 3. The summed E-state index contributed by atoms with van der Waals surface area (Å²) in [5.74, 6) is 1.21. The Morgan fingerprint density at radius 3 is 3.00 bits per heavy atom. The number of halogens is 1. The first-order valence-electron chi connectivity index (χ1n) is 5.88. The van der Waals surface area contributed by atoms with E-state index < -0.39 is 0 Å². The average molecular weight is 280 g/mol. The Hall–Kier alpha value is -2.01. The van der Waals surface area contributed by atoms with Gasteiger partial charge >= 0.3 is 0 Å². The van der Waals surface area contributed by atoms with E-state index in [0.29, 0.717) is 17.3 Å². The quantitative estimate of drug-likeness (QED) is 0.851. The summed E-state index contributed by atoms with van der Waals surface area (Å²) >= 11 is 5.93. The Kier molecular flexibility index (Phi) is 4.80. The van der Waals surface area contributed by atoms with Gasteiger partial charge in [-0.15, -0.1) is 0 Å². The molecule has 0 saturated carbocycles. The third-order valence-corrected chi connectivity index (χ3v) is 2.74. The maximum atomic E-state index is 11.5. The molecule has 1 aromatic carbocycles. The summed E-state index contributed by atoms with van der Waals surface area (Å²) in [7, 11) is 0. The molecule has 1 amide bonds. The summed E-state index contributed by atoms with van der Waals surface area (Å²) < 4.78 is 5.43. The van der Waals surface area contributed by atoms with Crippen LogP contribution < -0.4 is 10.1 Å². The number of benzene rings is 1. The molecule has 0 aliphatic carbocycles. The molecule has 19 heavy (non-hydrogen) atoms. The Labute approximate surface area is 116 Å². The molecule has 0 saturated heterocycles. The van der Waals surface area contributed by atoms with Crippen molar-refractivity contribution in [1.82, 2.24) is 15.3 Å². The fourth-order valence-corrected chi connectivity index (χ4v) is 1.67. The molecular formula is C13H14ClN3O2. The van der Waals surface area contributed by atoms with E-state index in [1.165, 1.54) is 0 Å². The van der Waals surface area contributed by atoms with E-state index in [9.17, 15) is 4.79 Å². The highest BCUT2D eigenvalue weighted by molar-refractivity contribution is 6.32. The van der Waals surface area contributed by atoms with Crippen molar-refractivity contribution in [2.45, 2.75) is 13.0 Å². The maximum absolute atomic E-state index is 11.5. The van der Waals surface area contributed by atoms with Gasteiger partial charge in [0.2, 0.25) is 5.91 Å². The normalized spacial score (nSPS) is 10.2. The largest absolute Gasteiger partial charge is 0.491 e. The second-order valence-corrected chi connectivity index (χ2v) is 4.25. The molecular weight excluding hydrogens is 266 g/mol. The molecule has 1 heterocycles. The predicted molar refractivity (Wildman–Crippen MR) is 72.0 cm³/mol. The number of aromatic nitrogens is 2. The minimum Gasteiger partial charge on any atom is -0.491 e. The highest BCUT2D eigenvalue weighted by Crippen LogP contribution is 2.22. The molecule has 100 valence electrons. The van der Waals surface area contributed by atoms with Crippen LogP contribution in [-0.2, 0) is 11.3 Å². The van der Waals surface area contributed by atoms with Gasteiger partial charge in [0.15, 0.2) is 0 Å². The molecule has 5 nitrogen and oxygen atoms in total. The van der Waals surface area contributed by atoms with Crippen LogP contribution in [0.25, 0.3) is 0 Å². The molecule has 2 aromatic rings. The van der Waals surface area contributed by atoms with Crippen LogP contribution in [0, 0.1) is 0 Å². The molecule has 6 heteroatoms. The van der Waals surface area contributed by atoms with Gasteiger partial charge < -0.3 is 15.0 Å². The van der Waals surface area contributed by atoms with Crippen LogP contribution >= 0.6 is 11.6 Å². The van der Waals surface area contributed by atoms with Gasteiger partial charge in [0.05, 0.1) is 24.6 Å². The van der Waals surface area contributed by atoms with Crippen LogP contribution in [0.4, 0.5) is 0 Å². The molecule has 0 atom stereocenters.